The maximum Gasteiger partial charge on any atom is 0.573 e. The van der Waals surface area contributed by atoms with Crippen LogP contribution in [0.4, 0.5) is 19.0 Å². The Morgan fingerprint density at radius 2 is 2.12 bits per heavy atom. The van der Waals surface area contributed by atoms with Crippen LogP contribution in [0.5, 0.6) is 5.75 Å². The molecule has 1 rings (SSSR count). The van der Waals surface area contributed by atoms with Crippen LogP contribution in [-0.2, 0) is 0 Å². The van der Waals surface area contributed by atoms with Crippen LogP contribution in [0.15, 0.2) is 12.1 Å². The molecule has 0 saturated carbocycles. The second kappa shape index (κ2) is 4.01. The molecule has 0 atom stereocenters. The van der Waals surface area contributed by atoms with Gasteiger partial charge in [0, 0.05) is 6.07 Å². The van der Waals surface area contributed by atoms with Crippen LogP contribution in [-0.4, -0.2) is 16.3 Å². The summed E-state index contributed by atoms with van der Waals surface area (Å²) in [5.74, 6) is -1.75. The lowest BCUT2D eigenvalue weighted by molar-refractivity contribution is -0.389. The summed E-state index contributed by atoms with van der Waals surface area (Å²) in [6.07, 6.45) is -4.98. The van der Waals surface area contributed by atoms with E-state index in [0.717, 1.165) is 0 Å². The Morgan fingerprint density at radius 3 is 2.56 bits per heavy atom. The second-order valence-electron chi connectivity index (χ2n) is 2.46. The van der Waals surface area contributed by atoms with E-state index in [1.807, 2.05) is 0 Å². The van der Waals surface area contributed by atoms with Gasteiger partial charge in [-0.1, -0.05) is 0 Å². The molecule has 0 aliphatic heterocycles. The summed E-state index contributed by atoms with van der Waals surface area (Å²) in [6, 6.07) is 2.52. The van der Waals surface area contributed by atoms with Crippen LogP contribution in [0.2, 0.25) is 0 Å². The van der Waals surface area contributed by atoms with Crippen molar-refractivity contribution in [2.24, 2.45) is 0 Å². The lowest BCUT2D eigenvalue weighted by Crippen LogP contribution is -2.17. The Balaban J connectivity index is 3.16. The van der Waals surface area contributed by atoms with Crippen molar-refractivity contribution < 1.29 is 22.8 Å². The molecule has 0 radical (unpaired) electrons. The molecule has 0 saturated heterocycles. The van der Waals surface area contributed by atoms with E-state index in [-0.39, 0.29) is 0 Å². The van der Waals surface area contributed by atoms with Crippen LogP contribution in [0.3, 0.4) is 0 Å². The lowest BCUT2D eigenvalue weighted by Gasteiger charge is -2.07. The number of halogens is 3. The first kappa shape index (κ1) is 11.7. The van der Waals surface area contributed by atoms with Crippen LogP contribution < -0.4 is 4.74 Å². The van der Waals surface area contributed by atoms with Gasteiger partial charge in [-0.2, -0.15) is 5.26 Å². The van der Waals surface area contributed by atoms with Crippen molar-refractivity contribution in [2.45, 2.75) is 6.36 Å². The highest BCUT2D eigenvalue weighted by atomic mass is 19.4. The molecule has 6 nitrogen and oxygen atoms in total. The molecule has 84 valence electrons. The summed E-state index contributed by atoms with van der Waals surface area (Å²) in [4.78, 5) is 12.4. The van der Waals surface area contributed by atoms with Crippen LogP contribution in [0.1, 0.15) is 5.69 Å². The zero-order valence-corrected chi connectivity index (χ0v) is 7.35. The van der Waals surface area contributed by atoms with Crippen molar-refractivity contribution in [2.75, 3.05) is 0 Å². The average molecular weight is 233 g/mol. The fourth-order valence-electron chi connectivity index (χ4n) is 0.835. The highest BCUT2D eigenvalue weighted by Gasteiger charge is 2.32. The van der Waals surface area contributed by atoms with Gasteiger partial charge in [-0.3, -0.25) is 0 Å². The zero-order valence-electron chi connectivity index (χ0n) is 7.35. The number of nitro groups is 1. The number of pyridine rings is 1. The third-order valence-corrected chi connectivity index (χ3v) is 1.32. The Hall–Kier alpha value is -2.37. The number of hydrogen-bond acceptors (Lipinski definition) is 5. The van der Waals surface area contributed by atoms with E-state index in [4.69, 9.17) is 5.26 Å². The molecule has 9 heteroatoms. The quantitative estimate of drug-likeness (QED) is 0.573. The predicted octanol–water partition coefficient (Wildman–Crippen LogP) is 1.76. The van der Waals surface area contributed by atoms with E-state index < -0.39 is 28.5 Å². The highest BCUT2D eigenvalue weighted by molar-refractivity contribution is 5.38. The first-order valence-electron chi connectivity index (χ1n) is 3.64. The third kappa shape index (κ3) is 3.09. The van der Waals surface area contributed by atoms with Crippen molar-refractivity contribution in [1.29, 1.82) is 5.26 Å². The topological polar surface area (TPSA) is 89.0 Å². The molecule has 16 heavy (non-hydrogen) atoms. The molecule has 0 aromatic carbocycles. The van der Waals surface area contributed by atoms with Crippen LogP contribution in [0, 0.1) is 21.4 Å². The molecule has 0 fully saturated rings. The van der Waals surface area contributed by atoms with Gasteiger partial charge < -0.3 is 14.9 Å². The van der Waals surface area contributed by atoms with Gasteiger partial charge in [0.15, 0.2) is 0 Å². The van der Waals surface area contributed by atoms with Gasteiger partial charge in [-0.15, -0.1) is 13.2 Å². The van der Waals surface area contributed by atoms with Gasteiger partial charge in [0.25, 0.3) is 5.69 Å². The minimum Gasteiger partial charge on any atom is -0.405 e. The fourth-order valence-corrected chi connectivity index (χ4v) is 0.835. The molecule has 0 unspecified atom stereocenters. The van der Waals surface area contributed by atoms with Gasteiger partial charge in [-0.05, 0) is 9.91 Å². The number of aromatic nitrogens is 1. The number of nitriles is 1. The summed E-state index contributed by atoms with van der Waals surface area (Å²) in [6.45, 7) is 0. The summed E-state index contributed by atoms with van der Waals surface area (Å²) in [7, 11) is 0. The maximum atomic E-state index is 11.8. The molecular formula is C7H2F3N3O3. The molecule has 0 amide bonds. The van der Waals surface area contributed by atoms with Crippen LogP contribution >= 0.6 is 0 Å². The first-order valence-corrected chi connectivity index (χ1v) is 3.64. The zero-order chi connectivity index (χ0) is 12.3. The molecule has 1 aromatic heterocycles. The number of ether oxygens (including phenoxy) is 1. The molecule has 1 aromatic rings. The van der Waals surface area contributed by atoms with Gasteiger partial charge in [0.05, 0.1) is 6.07 Å². The summed E-state index contributed by atoms with van der Waals surface area (Å²) in [5.41, 5.74) is -0.534. The first-order chi connectivity index (χ1) is 7.31. The standard InChI is InChI=1S/C7H2F3N3O3/c8-7(9,10)16-5-1-4(3-11)12-6(2-5)13(14)15/h1-2H. The Kier molecular flexibility index (Phi) is 2.94. The third-order valence-electron chi connectivity index (χ3n) is 1.32. The number of alkyl halides is 3. The minimum absolute atomic E-state index is 0.480. The van der Waals surface area contributed by atoms with E-state index in [2.05, 4.69) is 9.72 Å². The SMILES string of the molecule is N#Cc1cc(OC(F)(F)F)cc([N+](=O)[O-])n1. The van der Waals surface area contributed by atoms with E-state index >= 15 is 0 Å². The predicted molar refractivity (Wildman–Crippen MR) is 42.3 cm³/mol. The normalized spacial score (nSPS) is 10.6. The minimum atomic E-state index is -4.98. The smallest absolute Gasteiger partial charge is 0.405 e. The lowest BCUT2D eigenvalue weighted by atomic mass is 10.3. The Labute approximate surface area is 86.0 Å². The average Bonchev–Trinajstić information content (AvgIpc) is 2.14. The van der Waals surface area contributed by atoms with Crippen LogP contribution in [0.25, 0.3) is 0 Å². The summed E-state index contributed by atoms with van der Waals surface area (Å²) < 4.78 is 38.9. The summed E-state index contributed by atoms with van der Waals surface area (Å²) >= 11 is 0. The van der Waals surface area contributed by atoms with E-state index in [9.17, 15) is 23.3 Å². The van der Waals surface area contributed by atoms with Crippen molar-refractivity contribution in [1.82, 2.24) is 4.98 Å². The van der Waals surface area contributed by atoms with Crippen molar-refractivity contribution in [3.63, 3.8) is 0 Å². The number of hydrogen-bond donors (Lipinski definition) is 0. The molecule has 0 N–H and O–H groups in total. The Morgan fingerprint density at radius 1 is 1.50 bits per heavy atom. The largest absolute Gasteiger partial charge is 0.573 e. The molecule has 0 bridgehead atoms. The summed E-state index contributed by atoms with van der Waals surface area (Å²) in [5, 5.41) is 18.7. The molecule has 0 aliphatic carbocycles. The molecule has 0 spiro atoms. The van der Waals surface area contributed by atoms with Gasteiger partial charge in [-0.25, -0.2) is 0 Å². The number of nitrogens with zero attached hydrogens (tertiary/aromatic N) is 3. The van der Waals surface area contributed by atoms with Crippen molar-refractivity contribution in [3.05, 3.63) is 27.9 Å². The van der Waals surface area contributed by atoms with Gasteiger partial charge >= 0.3 is 12.2 Å². The molecular weight excluding hydrogens is 231 g/mol. The number of rotatable bonds is 2. The maximum absolute atomic E-state index is 11.8. The highest BCUT2D eigenvalue weighted by Crippen LogP contribution is 2.25. The van der Waals surface area contributed by atoms with Crippen molar-refractivity contribution in [3.8, 4) is 11.8 Å². The molecule has 0 aliphatic rings. The van der Waals surface area contributed by atoms with E-state index in [1.165, 1.54) is 6.07 Å². The van der Waals surface area contributed by atoms with Gasteiger partial charge in [0.1, 0.15) is 11.8 Å². The monoisotopic (exact) mass is 233 g/mol. The molecule has 1 heterocycles. The van der Waals surface area contributed by atoms with Crippen molar-refractivity contribution >= 4 is 5.82 Å². The second-order valence-corrected chi connectivity index (χ2v) is 2.46. The Bertz CT molecular complexity index is 466. The van der Waals surface area contributed by atoms with E-state index in [1.54, 1.807) is 0 Å². The van der Waals surface area contributed by atoms with Gasteiger partial charge in [0.2, 0.25) is 0 Å². The fraction of sp³-hybridized carbons (Fsp3) is 0.143. The van der Waals surface area contributed by atoms with E-state index in [0.29, 0.717) is 12.1 Å².